The summed E-state index contributed by atoms with van der Waals surface area (Å²) in [5.41, 5.74) is 0.575. The average Bonchev–Trinajstić information content (AvgIpc) is 2.67. The molecule has 26 heavy (non-hydrogen) atoms. The Labute approximate surface area is 158 Å². The first kappa shape index (κ1) is 22.2. The van der Waals surface area contributed by atoms with E-state index in [2.05, 4.69) is 20.8 Å². The van der Waals surface area contributed by atoms with E-state index >= 15 is 0 Å². The van der Waals surface area contributed by atoms with E-state index in [1.807, 2.05) is 0 Å². The maximum atomic E-state index is 12.4. The second-order valence-electron chi connectivity index (χ2n) is 6.76. The third kappa shape index (κ3) is 8.03. The van der Waals surface area contributed by atoms with Crippen molar-refractivity contribution in [3.63, 3.8) is 0 Å². The van der Waals surface area contributed by atoms with Gasteiger partial charge in [-0.05, 0) is 30.9 Å². The van der Waals surface area contributed by atoms with Gasteiger partial charge in [0.15, 0.2) is 0 Å². The quantitative estimate of drug-likeness (QED) is 0.329. The van der Waals surface area contributed by atoms with Crippen molar-refractivity contribution in [1.82, 2.24) is 0 Å². The summed E-state index contributed by atoms with van der Waals surface area (Å²) in [5, 5.41) is 0. The molecule has 0 saturated heterocycles. The first-order valence-corrected chi connectivity index (χ1v) is 10.1. The van der Waals surface area contributed by atoms with Gasteiger partial charge in [0.1, 0.15) is 0 Å². The lowest BCUT2D eigenvalue weighted by Gasteiger charge is -2.15. The monoisotopic (exact) mass is 362 g/mol. The normalized spacial score (nSPS) is 11.8. The summed E-state index contributed by atoms with van der Waals surface area (Å²) in [4.78, 5) is 24.8. The van der Waals surface area contributed by atoms with E-state index in [9.17, 15) is 9.59 Å². The van der Waals surface area contributed by atoms with Crippen molar-refractivity contribution in [2.45, 2.75) is 72.1 Å². The number of carbonyl (C=O) groups is 2. The van der Waals surface area contributed by atoms with E-state index in [1.54, 1.807) is 24.3 Å². The molecule has 0 amide bonds. The summed E-state index contributed by atoms with van der Waals surface area (Å²) < 4.78 is 10.8. The fraction of sp³-hybridized carbons (Fsp3) is 0.636. The van der Waals surface area contributed by atoms with Crippen molar-refractivity contribution >= 4 is 11.9 Å². The highest BCUT2D eigenvalue weighted by Gasteiger charge is 2.20. The zero-order chi connectivity index (χ0) is 19.2. The lowest BCUT2D eigenvalue weighted by Crippen LogP contribution is -2.17. The molecule has 0 saturated carbocycles. The Bertz CT molecular complexity index is 539. The molecule has 0 spiro atoms. The molecule has 1 aromatic carbocycles. The van der Waals surface area contributed by atoms with Crippen molar-refractivity contribution in [2.24, 2.45) is 5.92 Å². The first-order chi connectivity index (χ1) is 12.6. The third-order valence-electron chi connectivity index (χ3n) is 4.59. The van der Waals surface area contributed by atoms with E-state index < -0.39 is 11.9 Å². The van der Waals surface area contributed by atoms with Crippen LogP contribution < -0.4 is 0 Å². The number of benzene rings is 1. The van der Waals surface area contributed by atoms with Gasteiger partial charge in [0.25, 0.3) is 0 Å². The van der Waals surface area contributed by atoms with Gasteiger partial charge < -0.3 is 9.47 Å². The molecular weight excluding hydrogens is 328 g/mol. The van der Waals surface area contributed by atoms with Gasteiger partial charge in [-0.3, -0.25) is 0 Å². The lowest BCUT2D eigenvalue weighted by atomic mass is 10.0. The Morgan fingerprint density at radius 1 is 0.846 bits per heavy atom. The Kier molecular flexibility index (Phi) is 11.4. The Morgan fingerprint density at radius 2 is 1.46 bits per heavy atom. The number of hydrogen-bond acceptors (Lipinski definition) is 4. The summed E-state index contributed by atoms with van der Waals surface area (Å²) in [5.74, 6) is -0.526. The zero-order valence-electron chi connectivity index (χ0n) is 16.6. The second kappa shape index (κ2) is 13.4. The van der Waals surface area contributed by atoms with Crippen LogP contribution in [0.4, 0.5) is 0 Å². The Morgan fingerprint density at radius 3 is 2.04 bits per heavy atom. The predicted molar refractivity (Wildman–Crippen MR) is 104 cm³/mol. The van der Waals surface area contributed by atoms with E-state index in [1.165, 1.54) is 0 Å². The molecule has 0 N–H and O–H groups in total. The minimum Gasteiger partial charge on any atom is -0.462 e. The van der Waals surface area contributed by atoms with E-state index in [-0.39, 0.29) is 11.1 Å². The standard InChI is InChI=1S/C22H34O4/c1-4-7-9-12-16-25-21(23)19-14-10-11-15-20(19)22(24)26-17-18(6-3)13-8-5-2/h10-11,14-15,18H,4-9,12-13,16-17H2,1-3H3/t18-/m0/s1. The van der Waals surface area contributed by atoms with Gasteiger partial charge in [0, 0.05) is 0 Å². The van der Waals surface area contributed by atoms with Crippen molar-refractivity contribution in [3.8, 4) is 0 Å². The predicted octanol–water partition coefficient (Wildman–Crippen LogP) is 5.80. The Hall–Kier alpha value is -1.84. The molecule has 0 aliphatic carbocycles. The number of hydrogen-bond donors (Lipinski definition) is 0. The molecule has 4 nitrogen and oxygen atoms in total. The SMILES string of the molecule is CCCCCCOC(=O)c1ccccc1C(=O)OC[C@@H](CC)CCCC. The zero-order valence-corrected chi connectivity index (χ0v) is 16.6. The van der Waals surface area contributed by atoms with Gasteiger partial charge >= 0.3 is 11.9 Å². The minimum atomic E-state index is -0.452. The molecule has 1 aromatic rings. The largest absolute Gasteiger partial charge is 0.462 e. The first-order valence-electron chi connectivity index (χ1n) is 10.1. The molecule has 0 aromatic heterocycles. The van der Waals surface area contributed by atoms with Crippen LogP contribution in [0.25, 0.3) is 0 Å². The van der Waals surface area contributed by atoms with Crippen molar-refractivity contribution in [3.05, 3.63) is 35.4 Å². The molecule has 1 atom stereocenters. The lowest BCUT2D eigenvalue weighted by molar-refractivity contribution is 0.0404. The maximum absolute atomic E-state index is 12.4. The Balaban J connectivity index is 2.60. The second-order valence-corrected chi connectivity index (χ2v) is 6.76. The van der Waals surface area contributed by atoms with Crippen LogP contribution in [0.3, 0.4) is 0 Å². The van der Waals surface area contributed by atoms with Crippen LogP contribution in [-0.4, -0.2) is 25.2 Å². The van der Waals surface area contributed by atoms with E-state index in [0.29, 0.717) is 19.1 Å². The molecule has 146 valence electrons. The molecule has 0 aliphatic heterocycles. The number of unbranched alkanes of at least 4 members (excludes halogenated alkanes) is 4. The fourth-order valence-electron chi connectivity index (χ4n) is 2.78. The van der Waals surface area contributed by atoms with Crippen molar-refractivity contribution in [1.29, 1.82) is 0 Å². The summed E-state index contributed by atoms with van der Waals surface area (Å²) in [6.07, 6.45) is 8.48. The minimum absolute atomic E-state index is 0.287. The van der Waals surface area contributed by atoms with Crippen LogP contribution in [-0.2, 0) is 9.47 Å². The van der Waals surface area contributed by atoms with Gasteiger partial charge in [0.2, 0.25) is 0 Å². The van der Waals surface area contributed by atoms with Crippen LogP contribution in [0.1, 0.15) is 92.9 Å². The van der Waals surface area contributed by atoms with Crippen molar-refractivity contribution < 1.29 is 19.1 Å². The summed E-state index contributed by atoms with van der Waals surface area (Å²) in [7, 11) is 0. The van der Waals surface area contributed by atoms with Gasteiger partial charge in [-0.25, -0.2) is 9.59 Å². The molecule has 0 fully saturated rings. The number of carbonyl (C=O) groups excluding carboxylic acids is 2. The van der Waals surface area contributed by atoms with Crippen LogP contribution >= 0.6 is 0 Å². The highest BCUT2D eigenvalue weighted by Crippen LogP contribution is 2.16. The fourth-order valence-corrected chi connectivity index (χ4v) is 2.78. The number of ether oxygens (including phenoxy) is 2. The van der Waals surface area contributed by atoms with E-state index in [4.69, 9.17) is 9.47 Å². The van der Waals surface area contributed by atoms with Crippen molar-refractivity contribution in [2.75, 3.05) is 13.2 Å². The summed E-state index contributed by atoms with van der Waals surface area (Å²) in [6.45, 7) is 7.19. The molecule has 0 heterocycles. The number of esters is 2. The highest BCUT2D eigenvalue weighted by molar-refractivity contribution is 6.03. The van der Waals surface area contributed by atoms with Crippen LogP contribution in [0.15, 0.2) is 24.3 Å². The molecule has 0 radical (unpaired) electrons. The topological polar surface area (TPSA) is 52.6 Å². The van der Waals surface area contributed by atoms with E-state index in [0.717, 1.165) is 51.4 Å². The highest BCUT2D eigenvalue weighted by atomic mass is 16.5. The van der Waals surface area contributed by atoms with Gasteiger partial charge in [-0.2, -0.15) is 0 Å². The van der Waals surface area contributed by atoms with Gasteiger partial charge in [0.05, 0.1) is 24.3 Å². The van der Waals surface area contributed by atoms with Gasteiger partial charge in [-0.1, -0.05) is 71.4 Å². The van der Waals surface area contributed by atoms with Gasteiger partial charge in [-0.15, -0.1) is 0 Å². The smallest absolute Gasteiger partial charge is 0.339 e. The molecule has 4 heteroatoms. The number of rotatable bonds is 13. The van der Waals surface area contributed by atoms with Crippen LogP contribution in [0.2, 0.25) is 0 Å². The molecule has 0 aliphatic rings. The van der Waals surface area contributed by atoms with Crippen LogP contribution in [0.5, 0.6) is 0 Å². The molecular formula is C22H34O4. The molecule has 0 bridgehead atoms. The molecule has 1 rings (SSSR count). The summed E-state index contributed by atoms with van der Waals surface area (Å²) in [6, 6.07) is 6.73. The molecule has 0 unspecified atom stereocenters. The maximum Gasteiger partial charge on any atom is 0.339 e. The summed E-state index contributed by atoms with van der Waals surface area (Å²) >= 11 is 0. The third-order valence-corrected chi connectivity index (χ3v) is 4.59. The average molecular weight is 363 g/mol. The van der Waals surface area contributed by atoms with Crippen LogP contribution in [0, 0.1) is 5.92 Å².